The molecule has 0 N–H and O–H groups in total. The summed E-state index contributed by atoms with van der Waals surface area (Å²) in [5, 5.41) is -0.392. The van der Waals surface area contributed by atoms with E-state index in [1.165, 1.54) is 24.8 Å². The predicted molar refractivity (Wildman–Crippen MR) is 74.2 cm³/mol. The quantitative estimate of drug-likeness (QED) is 0.410. The van der Waals surface area contributed by atoms with Crippen LogP contribution in [0.15, 0.2) is 29.8 Å². The first-order valence-electron chi connectivity index (χ1n) is 6.10. The second-order valence-corrected chi connectivity index (χ2v) is 4.64. The van der Waals surface area contributed by atoms with E-state index in [0.29, 0.717) is 5.57 Å². The van der Waals surface area contributed by atoms with Gasteiger partial charge in [0.25, 0.3) is 0 Å². The molecule has 0 spiro atoms. The first-order valence-corrected chi connectivity index (χ1v) is 6.48. The van der Waals surface area contributed by atoms with Crippen molar-refractivity contribution < 1.29 is 4.79 Å². The van der Waals surface area contributed by atoms with Crippen molar-refractivity contribution >= 4 is 22.9 Å². The lowest BCUT2D eigenvalue weighted by Gasteiger charge is -2.01. The molecule has 17 heavy (non-hydrogen) atoms. The van der Waals surface area contributed by atoms with E-state index in [-0.39, 0.29) is 0 Å². The van der Waals surface area contributed by atoms with Crippen LogP contribution >= 0.6 is 11.6 Å². The Labute approximate surface area is 108 Å². The van der Waals surface area contributed by atoms with Gasteiger partial charge in [-0.15, -0.1) is 0 Å². The number of rotatable bonds is 6. The summed E-state index contributed by atoms with van der Waals surface area (Å²) in [6.45, 7) is 3.93. The molecular weight excluding hydrogens is 232 g/mol. The molecule has 2 heteroatoms. The number of carbonyl (C=O) groups excluding carboxylic acids is 1. The van der Waals surface area contributed by atoms with E-state index < -0.39 is 5.24 Å². The van der Waals surface area contributed by atoms with Crippen LogP contribution in [0.5, 0.6) is 0 Å². The molecule has 0 aliphatic heterocycles. The van der Waals surface area contributed by atoms with Crippen LogP contribution in [0.2, 0.25) is 0 Å². The van der Waals surface area contributed by atoms with E-state index in [4.69, 9.17) is 11.6 Å². The summed E-state index contributed by atoms with van der Waals surface area (Å²) < 4.78 is 0. The standard InChI is InChI=1S/C15H19ClO/c1-3-4-5-6-13-7-9-14(10-8-13)11-12(2)15(16)17/h7-11H,3-6H2,1-2H3. The van der Waals surface area contributed by atoms with E-state index in [9.17, 15) is 4.79 Å². The average Bonchev–Trinajstić information content (AvgIpc) is 2.31. The molecule has 0 fully saturated rings. The summed E-state index contributed by atoms with van der Waals surface area (Å²) in [4.78, 5) is 10.9. The lowest BCUT2D eigenvalue weighted by molar-refractivity contribution is -0.108. The maximum absolute atomic E-state index is 10.9. The summed E-state index contributed by atoms with van der Waals surface area (Å²) in [7, 11) is 0. The largest absolute Gasteiger partial charge is 0.276 e. The summed E-state index contributed by atoms with van der Waals surface area (Å²) in [5.41, 5.74) is 2.95. The minimum Gasteiger partial charge on any atom is -0.276 e. The normalized spacial score (nSPS) is 11.6. The molecule has 0 atom stereocenters. The zero-order valence-electron chi connectivity index (χ0n) is 10.5. The van der Waals surface area contributed by atoms with E-state index in [2.05, 4.69) is 19.1 Å². The van der Waals surface area contributed by atoms with Gasteiger partial charge in [-0.3, -0.25) is 4.79 Å². The van der Waals surface area contributed by atoms with Gasteiger partial charge in [0.05, 0.1) is 0 Å². The first-order chi connectivity index (χ1) is 8.13. The Hall–Kier alpha value is -1.08. The topological polar surface area (TPSA) is 17.1 Å². The molecule has 1 aromatic carbocycles. The van der Waals surface area contributed by atoms with Crippen molar-refractivity contribution in [2.45, 2.75) is 39.5 Å². The van der Waals surface area contributed by atoms with Gasteiger partial charge in [-0.2, -0.15) is 0 Å². The van der Waals surface area contributed by atoms with Gasteiger partial charge in [0, 0.05) is 5.57 Å². The van der Waals surface area contributed by atoms with Gasteiger partial charge in [0.2, 0.25) is 5.24 Å². The van der Waals surface area contributed by atoms with Crippen LogP contribution in [0.3, 0.4) is 0 Å². The molecule has 0 bridgehead atoms. The summed E-state index contributed by atoms with van der Waals surface area (Å²) in [6.07, 6.45) is 6.71. The van der Waals surface area contributed by atoms with Gasteiger partial charge in [-0.25, -0.2) is 0 Å². The lowest BCUT2D eigenvalue weighted by atomic mass is 10.0. The molecule has 1 rings (SSSR count). The maximum atomic E-state index is 10.9. The van der Waals surface area contributed by atoms with Crippen molar-refractivity contribution in [1.82, 2.24) is 0 Å². The van der Waals surface area contributed by atoms with Gasteiger partial charge in [-0.1, -0.05) is 44.0 Å². The highest BCUT2D eigenvalue weighted by atomic mass is 35.5. The molecule has 1 aromatic rings. The van der Waals surface area contributed by atoms with Gasteiger partial charge < -0.3 is 0 Å². The van der Waals surface area contributed by atoms with Crippen molar-refractivity contribution in [2.24, 2.45) is 0 Å². The number of allylic oxidation sites excluding steroid dienone is 1. The number of hydrogen-bond donors (Lipinski definition) is 0. The van der Waals surface area contributed by atoms with Crippen LogP contribution < -0.4 is 0 Å². The van der Waals surface area contributed by atoms with Crippen molar-refractivity contribution in [3.05, 3.63) is 41.0 Å². The second-order valence-electron chi connectivity index (χ2n) is 4.30. The molecule has 0 aromatic heterocycles. The molecule has 0 aliphatic carbocycles. The van der Waals surface area contributed by atoms with Crippen LogP contribution in [0.25, 0.3) is 6.08 Å². The first kappa shape index (κ1) is 14.0. The third kappa shape index (κ3) is 5.18. The SMILES string of the molecule is CCCCCc1ccc(C=C(C)C(=O)Cl)cc1. The van der Waals surface area contributed by atoms with E-state index in [1.807, 2.05) is 18.2 Å². The van der Waals surface area contributed by atoms with E-state index in [0.717, 1.165) is 12.0 Å². The number of hydrogen-bond acceptors (Lipinski definition) is 1. The van der Waals surface area contributed by atoms with Gasteiger partial charge in [0.15, 0.2) is 0 Å². The van der Waals surface area contributed by atoms with Gasteiger partial charge >= 0.3 is 0 Å². The van der Waals surface area contributed by atoms with Crippen LogP contribution in [-0.2, 0) is 11.2 Å². The summed E-state index contributed by atoms with van der Waals surface area (Å²) >= 11 is 5.39. The monoisotopic (exact) mass is 250 g/mol. The smallest absolute Gasteiger partial charge is 0.248 e. The summed E-state index contributed by atoms with van der Waals surface area (Å²) in [6, 6.07) is 8.30. The van der Waals surface area contributed by atoms with E-state index >= 15 is 0 Å². The molecule has 0 radical (unpaired) electrons. The van der Waals surface area contributed by atoms with Crippen LogP contribution in [-0.4, -0.2) is 5.24 Å². The Morgan fingerprint density at radius 2 is 1.88 bits per heavy atom. The Morgan fingerprint density at radius 1 is 1.24 bits per heavy atom. The predicted octanol–water partition coefficient (Wildman–Crippen LogP) is 4.59. The third-order valence-corrected chi connectivity index (χ3v) is 3.04. The van der Waals surface area contributed by atoms with Gasteiger partial charge in [0.1, 0.15) is 0 Å². The van der Waals surface area contributed by atoms with Gasteiger partial charge in [-0.05, 0) is 48.6 Å². The van der Waals surface area contributed by atoms with Crippen molar-refractivity contribution in [1.29, 1.82) is 0 Å². The maximum Gasteiger partial charge on any atom is 0.248 e. The molecule has 0 amide bonds. The third-order valence-electron chi connectivity index (χ3n) is 2.74. The number of halogens is 1. The lowest BCUT2D eigenvalue weighted by Crippen LogP contribution is -1.88. The molecular formula is C15H19ClO. The Bertz CT molecular complexity index is 390. The van der Waals surface area contributed by atoms with E-state index in [1.54, 1.807) is 6.92 Å². The molecule has 1 nitrogen and oxygen atoms in total. The number of aryl methyl sites for hydroxylation is 1. The summed E-state index contributed by atoms with van der Waals surface area (Å²) in [5.74, 6) is 0. The second kappa shape index (κ2) is 7.29. The molecule has 0 unspecified atom stereocenters. The van der Waals surface area contributed by atoms with Crippen LogP contribution in [0.4, 0.5) is 0 Å². The van der Waals surface area contributed by atoms with Crippen molar-refractivity contribution in [2.75, 3.05) is 0 Å². The van der Waals surface area contributed by atoms with Crippen molar-refractivity contribution in [3.63, 3.8) is 0 Å². The number of unbranched alkanes of at least 4 members (excludes halogenated alkanes) is 2. The average molecular weight is 251 g/mol. The highest BCUT2D eigenvalue weighted by Crippen LogP contribution is 2.12. The number of benzene rings is 1. The Kier molecular flexibility index (Phi) is 5.99. The zero-order chi connectivity index (χ0) is 12.7. The molecule has 0 saturated carbocycles. The fraction of sp³-hybridized carbons (Fsp3) is 0.400. The highest BCUT2D eigenvalue weighted by Gasteiger charge is 1.99. The fourth-order valence-electron chi connectivity index (χ4n) is 1.67. The Morgan fingerprint density at radius 3 is 2.41 bits per heavy atom. The molecule has 92 valence electrons. The fourth-order valence-corrected chi connectivity index (χ4v) is 1.72. The minimum absolute atomic E-state index is 0.392. The molecule has 0 aliphatic rings. The molecule has 0 heterocycles. The van der Waals surface area contributed by atoms with Crippen LogP contribution in [0, 0.1) is 0 Å². The Balaban J connectivity index is 2.62. The number of carbonyl (C=O) groups is 1. The van der Waals surface area contributed by atoms with Crippen LogP contribution in [0.1, 0.15) is 44.2 Å². The van der Waals surface area contributed by atoms with Crippen molar-refractivity contribution in [3.8, 4) is 0 Å². The minimum atomic E-state index is -0.392. The zero-order valence-corrected chi connectivity index (χ0v) is 11.3. The highest BCUT2D eigenvalue weighted by molar-refractivity contribution is 6.68. The molecule has 0 saturated heterocycles.